The molecule has 0 aliphatic heterocycles. The molecule has 0 fully saturated rings. The van der Waals surface area contributed by atoms with Crippen LogP contribution in [0.2, 0.25) is 5.02 Å². The van der Waals surface area contributed by atoms with Crippen LogP contribution in [0.5, 0.6) is 0 Å². The average molecular weight is 316 g/mol. The first-order valence-corrected chi connectivity index (χ1v) is 6.21. The van der Waals surface area contributed by atoms with Crippen molar-refractivity contribution < 1.29 is 19.2 Å². The van der Waals surface area contributed by atoms with E-state index in [0.29, 0.717) is 0 Å². The average Bonchev–Trinajstić information content (AvgIpc) is 2.33. The summed E-state index contributed by atoms with van der Waals surface area (Å²) in [6.45, 7) is 5.00. The summed E-state index contributed by atoms with van der Waals surface area (Å²) in [6.07, 6.45) is -0.839. The molecule has 0 saturated heterocycles. The van der Waals surface area contributed by atoms with Crippen LogP contribution < -0.4 is 10.9 Å². The number of nitrogens with zero attached hydrogens (tertiary/aromatic N) is 1. The first-order valence-electron chi connectivity index (χ1n) is 5.83. The molecule has 2 N–H and O–H groups in total. The number of nitro benzene ring substituents is 1. The van der Waals surface area contributed by atoms with Crippen molar-refractivity contribution in [2.24, 2.45) is 0 Å². The minimum Gasteiger partial charge on any atom is -0.443 e. The number of nitro groups is 1. The number of ether oxygens (including phenoxy) is 1. The molecule has 0 heterocycles. The number of nitrogens with one attached hydrogen (secondary N) is 2. The SMILES string of the molecule is CC(C)(C)OC(=O)NNC(=O)c1ccc([N+](=O)[O-])cc1Cl. The second kappa shape index (κ2) is 6.40. The maximum Gasteiger partial charge on any atom is 0.426 e. The molecule has 9 heteroatoms. The Morgan fingerprint density at radius 1 is 1.29 bits per heavy atom. The fourth-order valence-corrected chi connectivity index (χ4v) is 1.54. The third-order valence-electron chi connectivity index (χ3n) is 2.09. The first kappa shape index (κ1) is 16.7. The lowest BCUT2D eigenvalue weighted by atomic mass is 10.2. The van der Waals surface area contributed by atoms with Crippen LogP contribution in [0.4, 0.5) is 10.5 Å². The van der Waals surface area contributed by atoms with Crippen molar-refractivity contribution in [2.75, 3.05) is 0 Å². The third-order valence-corrected chi connectivity index (χ3v) is 2.40. The van der Waals surface area contributed by atoms with Crippen LogP contribution in [-0.4, -0.2) is 22.5 Å². The zero-order valence-electron chi connectivity index (χ0n) is 11.6. The summed E-state index contributed by atoms with van der Waals surface area (Å²) in [6, 6.07) is 3.37. The van der Waals surface area contributed by atoms with Crippen LogP contribution in [0.25, 0.3) is 0 Å². The lowest BCUT2D eigenvalue weighted by molar-refractivity contribution is -0.384. The highest BCUT2D eigenvalue weighted by atomic mass is 35.5. The summed E-state index contributed by atoms with van der Waals surface area (Å²) in [4.78, 5) is 33.1. The van der Waals surface area contributed by atoms with Gasteiger partial charge in [0, 0.05) is 12.1 Å². The van der Waals surface area contributed by atoms with Gasteiger partial charge in [-0.25, -0.2) is 10.2 Å². The Hall–Kier alpha value is -2.35. The van der Waals surface area contributed by atoms with Gasteiger partial charge >= 0.3 is 6.09 Å². The zero-order chi connectivity index (χ0) is 16.2. The van der Waals surface area contributed by atoms with Crippen LogP contribution in [0, 0.1) is 10.1 Å². The van der Waals surface area contributed by atoms with E-state index in [9.17, 15) is 19.7 Å². The van der Waals surface area contributed by atoms with E-state index in [0.717, 1.165) is 12.1 Å². The number of non-ortho nitro benzene ring substituents is 1. The van der Waals surface area contributed by atoms with E-state index in [1.165, 1.54) is 6.07 Å². The number of hydrazine groups is 1. The van der Waals surface area contributed by atoms with Gasteiger partial charge in [-0.05, 0) is 26.8 Å². The molecule has 0 spiro atoms. The fraction of sp³-hybridized carbons (Fsp3) is 0.333. The lowest BCUT2D eigenvalue weighted by Crippen LogP contribution is -2.44. The largest absolute Gasteiger partial charge is 0.443 e. The molecule has 1 rings (SSSR count). The van der Waals surface area contributed by atoms with Crippen molar-refractivity contribution in [3.63, 3.8) is 0 Å². The van der Waals surface area contributed by atoms with Crippen molar-refractivity contribution in [1.29, 1.82) is 0 Å². The standard InChI is InChI=1S/C12H14ClN3O5/c1-12(2,3)21-11(18)15-14-10(17)8-5-4-7(16(19)20)6-9(8)13/h4-6H,1-3H3,(H,14,17)(H,15,18). The molecule has 21 heavy (non-hydrogen) atoms. The molecule has 0 aliphatic rings. The minimum absolute atomic E-state index is 0.0154. The molecule has 0 atom stereocenters. The Bertz CT molecular complexity index is 583. The Morgan fingerprint density at radius 2 is 1.90 bits per heavy atom. The predicted molar refractivity (Wildman–Crippen MR) is 74.9 cm³/mol. The molecule has 0 aromatic heterocycles. The van der Waals surface area contributed by atoms with Gasteiger partial charge in [0.1, 0.15) is 5.60 Å². The third kappa shape index (κ3) is 5.27. The summed E-state index contributed by atoms with van der Waals surface area (Å²) in [7, 11) is 0. The van der Waals surface area contributed by atoms with E-state index in [1.54, 1.807) is 20.8 Å². The maximum absolute atomic E-state index is 11.8. The Labute approximate surface area is 125 Å². The molecule has 0 radical (unpaired) electrons. The molecule has 1 aromatic rings. The second-order valence-electron chi connectivity index (χ2n) is 5.00. The van der Waals surface area contributed by atoms with Gasteiger partial charge in [-0.15, -0.1) is 0 Å². The summed E-state index contributed by atoms with van der Waals surface area (Å²) < 4.78 is 4.92. The zero-order valence-corrected chi connectivity index (χ0v) is 12.4. The number of carbonyl (C=O) groups excluding carboxylic acids is 2. The van der Waals surface area contributed by atoms with E-state index in [-0.39, 0.29) is 16.3 Å². The van der Waals surface area contributed by atoms with Gasteiger partial charge in [0.25, 0.3) is 11.6 Å². The van der Waals surface area contributed by atoms with Crippen LogP contribution in [0.3, 0.4) is 0 Å². The molecule has 0 saturated carbocycles. The number of hydrogen-bond acceptors (Lipinski definition) is 5. The number of amides is 2. The molecule has 2 amide bonds. The number of benzene rings is 1. The van der Waals surface area contributed by atoms with Gasteiger partial charge in [0.05, 0.1) is 15.5 Å². The molecule has 8 nitrogen and oxygen atoms in total. The summed E-state index contributed by atoms with van der Waals surface area (Å²) in [5.41, 5.74) is 3.18. The second-order valence-corrected chi connectivity index (χ2v) is 5.41. The number of rotatable bonds is 2. The van der Waals surface area contributed by atoms with Crippen LogP contribution in [0.15, 0.2) is 18.2 Å². The Kier molecular flexibility index (Phi) is 5.09. The fourth-order valence-electron chi connectivity index (χ4n) is 1.28. The number of carbonyl (C=O) groups is 2. The van der Waals surface area contributed by atoms with Crippen LogP contribution in [-0.2, 0) is 4.74 Å². The van der Waals surface area contributed by atoms with Crippen molar-refractivity contribution >= 4 is 29.3 Å². The quantitative estimate of drug-likeness (QED) is 0.643. The van der Waals surface area contributed by atoms with Crippen molar-refractivity contribution in [2.45, 2.75) is 26.4 Å². The van der Waals surface area contributed by atoms with E-state index in [4.69, 9.17) is 16.3 Å². The summed E-state index contributed by atoms with van der Waals surface area (Å²) in [5.74, 6) is -0.722. The van der Waals surface area contributed by atoms with E-state index >= 15 is 0 Å². The highest BCUT2D eigenvalue weighted by molar-refractivity contribution is 6.34. The number of halogens is 1. The molecule has 0 bridgehead atoms. The smallest absolute Gasteiger partial charge is 0.426 e. The van der Waals surface area contributed by atoms with Crippen LogP contribution in [0.1, 0.15) is 31.1 Å². The molecular formula is C12H14ClN3O5. The maximum atomic E-state index is 11.8. The Morgan fingerprint density at radius 3 is 2.38 bits per heavy atom. The lowest BCUT2D eigenvalue weighted by Gasteiger charge is -2.19. The monoisotopic (exact) mass is 315 g/mol. The van der Waals surface area contributed by atoms with Gasteiger partial charge in [-0.2, -0.15) is 0 Å². The van der Waals surface area contributed by atoms with Gasteiger partial charge in [-0.3, -0.25) is 20.3 Å². The molecular weight excluding hydrogens is 302 g/mol. The van der Waals surface area contributed by atoms with Gasteiger partial charge in [0.15, 0.2) is 0 Å². The minimum atomic E-state index is -0.839. The van der Waals surface area contributed by atoms with Crippen molar-refractivity contribution in [3.8, 4) is 0 Å². The summed E-state index contributed by atoms with van der Waals surface area (Å²) >= 11 is 5.78. The normalized spacial score (nSPS) is 10.7. The van der Waals surface area contributed by atoms with E-state index in [2.05, 4.69) is 5.43 Å². The van der Waals surface area contributed by atoms with Gasteiger partial charge in [0.2, 0.25) is 0 Å². The first-order chi connectivity index (χ1) is 9.60. The van der Waals surface area contributed by atoms with Crippen molar-refractivity contribution in [3.05, 3.63) is 38.9 Å². The predicted octanol–water partition coefficient (Wildman–Crippen LogP) is 2.42. The summed E-state index contributed by atoms with van der Waals surface area (Å²) in [5, 5.41) is 10.5. The highest BCUT2D eigenvalue weighted by Crippen LogP contribution is 2.22. The van der Waals surface area contributed by atoms with E-state index < -0.39 is 22.5 Å². The Balaban J connectivity index is 2.68. The highest BCUT2D eigenvalue weighted by Gasteiger charge is 2.18. The van der Waals surface area contributed by atoms with Crippen molar-refractivity contribution in [1.82, 2.24) is 10.9 Å². The van der Waals surface area contributed by atoms with Gasteiger partial charge in [-0.1, -0.05) is 11.6 Å². The number of hydrogen-bond donors (Lipinski definition) is 2. The molecule has 0 aliphatic carbocycles. The van der Waals surface area contributed by atoms with Crippen LogP contribution >= 0.6 is 11.6 Å². The van der Waals surface area contributed by atoms with Gasteiger partial charge < -0.3 is 4.74 Å². The molecule has 114 valence electrons. The molecule has 1 aromatic carbocycles. The topological polar surface area (TPSA) is 111 Å². The molecule has 0 unspecified atom stereocenters. The van der Waals surface area contributed by atoms with E-state index in [1.807, 2.05) is 5.43 Å².